The minimum Gasteiger partial charge on any atom is -0.337 e. The van der Waals surface area contributed by atoms with E-state index in [1.54, 1.807) is 6.20 Å². The quantitative estimate of drug-likeness (QED) is 0.775. The first-order valence-electron chi connectivity index (χ1n) is 9.03. The molecule has 1 aliphatic carbocycles. The van der Waals surface area contributed by atoms with Crippen molar-refractivity contribution in [2.75, 3.05) is 4.90 Å². The van der Waals surface area contributed by atoms with Gasteiger partial charge in [0, 0.05) is 35.9 Å². The molecule has 1 heterocycles. The van der Waals surface area contributed by atoms with E-state index in [0.717, 1.165) is 18.5 Å². The first kappa shape index (κ1) is 15.9. The lowest BCUT2D eigenvalue weighted by atomic mass is 9.89. The van der Waals surface area contributed by atoms with Crippen LogP contribution < -0.4 is 10.6 Å². The average Bonchev–Trinajstić information content (AvgIpc) is 3.20. The summed E-state index contributed by atoms with van der Waals surface area (Å²) < 4.78 is 1.90. The highest BCUT2D eigenvalue weighted by atomic mass is 15.3. The molecule has 0 radical (unpaired) electrons. The van der Waals surface area contributed by atoms with Gasteiger partial charge in [-0.3, -0.25) is 0 Å². The van der Waals surface area contributed by atoms with Crippen LogP contribution in [0.5, 0.6) is 0 Å². The number of nitrogens with two attached hydrogens (primary N) is 1. The average molecular weight is 332 g/mol. The van der Waals surface area contributed by atoms with E-state index in [4.69, 9.17) is 5.73 Å². The van der Waals surface area contributed by atoms with Crippen molar-refractivity contribution < 1.29 is 0 Å². The van der Waals surface area contributed by atoms with Crippen molar-refractivity contribution in [2.45, 2.75) is 37.8 Å². The Hall–Kier alpha value is -2.59. The number of anilines is 2. The van der Waals surface area contributed by atoms with Gasteiger partial charge < -0.3 is 10.6 Å². The molecule has 2 unspecified atom stereocenters. The van der Waals surface area contributed by atoms with E-state index in [0.29, 0.717) is 6.04 Å². The van der Waals surface area contributed by atoms with Crippen molar-refractivity contribution in [1.29, 1.82) is 0 Å². The fraction of sp³-hybridized carbons (Fsp3) is 0.286. The van der Waals surface area contributed by atoms with E-state index in [9.17, 15) is 0 Å². The fourth-order valence-electron chi connectivity index (χ4n) is 3.79. The van der Waals surface area contributed by atoms with Gasteiger partial charge in [-0.25, -0.2) is 4.68 Å². The Bertz CT molecular complexity index is 798. The molecule has 0 spiro atoms. The van der Waals surface area contributed by atoms with Gasteiger partial charge in [-0.1, -0.05) is 37.1 Å². The Kier molecular flexibility index (Phi) is 4.53. The Labute approximate surface area is 148 Å². The highest BCUT2D eigenvalue weighted by molar-refractivity contribution is 5.66. The zero-order valence-corrected chi connectivity index (χ0v) is 14.3. The van der Waals surface area contributed by atoms with Gasteiger partial charge in [0.15, 0.2) is 0 Å². The van der Waals surface area contributed by atoms with Crippen LogP contribution in [0.3, 0.4) is 0 Å². The molecule has 1 fully saturated rings. The molecule has 0 bridgehead atoms. The second-order valence-electron chi connectivity index (χ2n) is 6.69. The first-order chi connectivity index (χ1) is 12.3. The van der Waals surface area contributed by atoms with Gasteiger partial charge in [0.25, 0.3) is 0 Å². The summed E-state index contributed by atoms with van der Waals surface area (Å²) in [6.07, 6.45) is 8.46. The molecule has 4 rings (SSSR count). The van der Waals surface area contributed by atoms with Gasteiger partial charge in [-0.15, -0.1) is 0 Å². The van der Waals surface area contributed by atoms with Crippen LogP contribution >= 0.6 is 0 Å². The lowest BCUT2D eigenvalue weighted by Crippen LogP contribution is -2.47. The number of hydrogen-bond donors (Lipinski definition) is 1. The lowest BCUT2D eigenvalue weighted by molar-refractivity contribution is 0.380. The van der Waals surface area contributed by atoms with E-state index < -0.39 is 0 Å². The van der Waals surface area contributed by atoms with E-state index in [1.807, 2.05) is 16.9 Å². The Balaban J connectivity index is 1.77. The number of aromatic nitrogens is 2. The standard InChI is InChI=1S/C21H24N4/c22-20-12-4-5-13-21(20)25(17-8-2-1-3-9-17)19-11-6-10-18(16-19)24-15-7-14-23-24/h1-3,6-11,14-16,20-21H,4-5,12-13,22H2. The second kappa shape index (κ2) is 7.11. The van der Waals surface area contributed by atoms with Gasteiger partial charge in [0.2, 0.25) is 0 Å². The first-order valence-corrected chi connectivity index (χ1v) is 9.03. The zero-order valence-electron chi connectivity index (χ0n) is 14.3. The number of para-hydroxylation sites is 1. The molecule has 25 heavy (non-hydrogen) atoms. The molecular formula is C21H24N4. The van der Waals surface area contributed by atoms with Crippen LogP contribution in [0.1, 0.15) is 25.7 Å². The predicted octanol–water partition coefficient (Wildman–Crippen LogP) is 4.28. The van der Waals surface area contributed by atoms with Gasteiger partial charge >= 0.3 is 0 Å². The summed E-state index contributed by atoms with van der Waals surface area (Å²) in [7, 11) is 0. The molecule has 2 N–H and O–H groups in total. The Morgan fingerprint density at radius 1 is 0.920 bits per heavy atom. The largest absolute Gasteiger partial charge is 0.337 e. The van der Waals surface area contributed by atoms with Crippen LogP contribution in [-0.2, 0) is 0 Å². The molecule has 128 valence electrons. The molecule has 0 amide bonds. The number of nitrogens with zero attached hydrogens (tertiary/aromatic N) is 3. The Morgan fingerprint density at radius 3 is 2.48 bits per heavy atom. The van der Waals surface area contributed by atoms with Crippen molar-refractivity contribution in [1.82, 2.24) is 9.78 Å². The van der Waals surface area contributed by atoms with E-state index in [2.05, 4.69) is 64.6 Å². The monoisotopic (exact) mass is 332 g/mol. The molecule has 3 aromatic rings. The molecule has 4 nitrogen and oxygen atoms in total. The summed E-state index contributed by atoms with van der Waals surface area (Å²) in [5.74, 6) is 0. The highest BCUT2D eigenvalue weighted by Crippen LogP contribution is 2.34. The molecule has 1 aromatic heterocycles. The summed E-state index contributed by atoms with van der Waals surface area (Å²) in [4.78, 5) is 2.41. The molecule has 2 aromatic carbocycles. The summed E-state index contributed by atoms with van der Waals surface area (Å²) >= 11 is 0. The highest BCUT2D eigenvalue weighted by Gasteiger charge is 2.29. The van der Waals surface area contributed by atoms with Crippen molar-refractivity contribution in [3.05, 3.63) is 73.1 Å². The maximum Gasteiger partial charge on any atom is 0.0666 e. The number of hydrogen-bond acceptors (Lipinski definition) is 3. The van der Waals surface area contributed by atoms with E-state index >= 15 is 0 Å². The van der Waals surface area contributed by atoms with Crippen LogP contribution in [0, 0.1) is 0 Å². The third kappa shape index (κ3) is 3.30. The van der Waals surface area contributed by atoms with Crippen LogP contribution in [0.2, 0.25) is 0 Å². The molecule has 4 heteroatoms. The van der Waals surface area contributed by atoms with Crippen LogP contribution in [0.25, 0.3) is 5.69 Å². The third-order valence-corrected chi connectivity index (χ3v) is 5.02. The molecule has 1 aliphatic rings. The molecule has 2 atom stereocenters. The number of benzene rings is 2. The van der Waals surface area contributed by atoms with Crippen molar-refractivity contribution >= 4 is 11.4 Å². The van der Waals surface area contributed by atoms with Gasteiger partial charge in [-0.2, -0.15) is 5.10 Å². The Morgan fingerprint density at radius 2 is 1.72 bits per heavy atom. The molecule has 1 saturated carbocycles. The maximum atomic E-state index is 6.53. The van der Waals surface area contributed by atoms with E-state index in [1.165, 1.54) is 24.2 Å². The topological polar surface area (TPSA) is 47.1 Å². The van der Waals surface area contributed by atoms with Crippen molar-refractivity contribution in [2.24, 2.45) is 5.73 Å². The summed E-state index contributed by atoms with van der Waals surface area (Å²) in [6.45, 7) is 0. The van der Waals surface area contributed by atoms with Crippen molar-refractivity contribution in [3.8, 4) is 5.69 Å². The summed E-state index contributed by atoms with van der Waals surface area (Å²) in [5, 5.41) is 4.36. The minimum absolute atomic E-state index is 0.197. The maximum absolute atomic E-state index is 6.53. The zero-order chi connectivity index (χ0) is 17.1. The molecule has 0 saturated heterocycles. The van der Waals surface area contributed by atoms with Gasteiger partial charge in [0.1, 0.15) is 0 Å². The lowest BCUT2D eigenvalue weighted by Gasteiger charge is -2.40. The van der Waals surface area contributed by atoms with Crippen LogP contribution in [0.4, 0.5) is 11.4 Å². The smallest absolute Gasteiger partial charge is 0.0666 e. The fourth-order valence-corrected chi connectivity index (χ4v) is 3.79. The third-order valence-electron chi connectivity index (χ3n) is 5.02. The second-order valence-corrected chi connectivity index (χ2v) is 6.69. The molecule has 0 aliphatic heterocycles. The minimum atomic E-state index is 0.197. The van der Waals surface area contributed by atoms with Gasteiger partial charge in [-0.05, 0) is 49.2 Å². The van der Waals surface area contributed by atoms with E-state index in [-0.39, 0.29) is 6.04 Å². The number of rotatable bonds is 4. The normalized spacial score (nSPS) is 20.4. The summed E-state index contributed by atoms with van der Waals surface area (Å²) in [5.41, 5.74) is 9.96. The predicted molar refractivity (Wildman–Crippen MR) is 102 cm³/mol. The molecular weight excluding hydrogens is 308 g/mol. The van der Waals surface area contributed by atoms with Crippen LogP contribution in [-0.4, -0.2) is 21.9 Å². The SMILES string of the molecule is NC1CCCCC1N(c1ccccc1)c1cccc(-n2cccn2)c1. The van der Waals surface area contributed by atoms with Gasteiger partial charge in [0.05, 0.1) is 5.69 Å². The summed E-state index contributed by atoms with van der Waals surface area (Å²) in [6, 6.07) is 21.6. The van der Waals surface area contributed by atoms with Crippen molar-refractivity contribution in [3.63, 3.8) is 0 Å². The van der Waals surface area contributed by atoms with Crippen LogP contribution in [0.15, 0.2) is 73.1 Å².